The van der Waals surface area contributed by atoms with Crippen molar-refractivity contribution >= 4 is 54.8 Å². The predicted octanol–water partition coefficient (Wildman–Crippen LogP) is 5.22. The van der Waals surface area contributed by atoms with E-state index in [1.165, 1.54) is 11.3 Å². The van der Waals surface area contributed by atoms with Crippen LogP contribution in [0.4, 0.5) is 5.82 Å². The van der Waals surface area contributed by atoms with Crippen LogP contribution in [0.5, 0.6) is 0 Å². The molecule has 5 aromatic rings. The second-order valence-corrected chi connectivity index (χ2v) is 7.82. The Kier molecular flexibility index (Phi) is 3.88. The van der Waals surface area contributed by atoms with E-state index in [1.807, 2.05) is 36.4 Å². The van der Waals surface area contributed by atoms with Gasteiger partial charge in [-0.05, 0) is 42.5 Å². The molecule has 0 radical (unpaired) electrons. The molecule has 0 unspecified atom stereocenters. The van der Waals surface area contributed by atoms with Crippen LogP contribution in [0.1, 0.15) is 10.4 Å². The lowest BCUT2D eigenvalue weighted by atomic mass is 10.2. The minimum atomic E-state index is -0.189. The van der Waals surface area contributed by atoms with Crippen LogP contribution in [0.15, 0.2) is 66.3 Å². The molecule has 7 heteroatoms. The molecule has 0 atom stereocenters. The maximum absolute atomic E-state index is 12.5. The number of carbonyl (C=O) groups excluding carboxylic acids is 1. The van der Waals surface area contributed by atoms with Gasteiger partial charge in [-0.3, -0.25) is 4.79 Å². The summed E-state index contributed by atoms with van der Waals surface area (Å²) < 4.78 is 2.13. The molecule has 130 valence electrons. The summed E-state index contributed by atoms with van der Waals surface area (Å²) in [6, 6.07) is 17.2. The molecule has 1 amide bonds. The maximum Gasteiger partial charge on any atom is 0.256 e. The van der Waals surface area contributed by atoms with Gasteiger partial charge in [0.15, 0.2) is 0 Å². The number of hydrogen-bond acceptors (Lipinski definition) is 6. The van der Waals surface area contributed by atoms with E-state index in [0.29, 0.717) is 11.4 Å². The van der Waals surface area contributed by atoms with E-state index in [0.717, 1.165) is 31.0 Å². The first-order chi connectivity index (χ1) is 13.3. The van der Waals surface area contributed by atoms with Crippen LogP contribution >= 0.6 is 22.7 Å². The smallest absolute Gasteiger partial charge is 0.256 e. The number of rotatable bonds is 3. The summed E-state index contributed by atoms with van der Waals surface area (Å²) >= 11 is 3.14. The number of nitrogens with zero attached hydrogens (tertiary/aromatic N) is 3. The molecular weight excluding hydrogens is 376 g/mol. The number of pyridine rings is 1. The highest BCUT2D eigenvalue weighted by molar-refractivity contribution is 7.21. The van der Waals surface area contributed by atoms with Gasteiger partial charge in [-0.25, -0.2) is 15.0 Å². The van der Waals surface area contributed by atoms with Crippen molar-refractivity contribution in [3.8, 4) is 10.6 Å². The molecule has 0 saturated carbocycles. The summed E-state index contributed by atoms with van der Waals surface area (Å²) in [6.45, 7) is 0. The highest BCUT2D eigenvalue weighted by Gasteiger charge is 2.10. The fraction of sp³-hybridized carbons (Fsp3) is 0. The summed E-state index contributed by atoms with van der Waals surface area (Å²) in [7, 11) is 0. The molecular formula is C20H12N4OS2. The number of fused-ring (bicyclic) bond motifs is 2. The normalized spacial score (nSPS) is 11.1. The Hall–Kier alpha value is -3.16. The van der Waals surface area contributed by atoms with Gasteiger partial charge in [0.1, 0.15) is 10.8 Å². The third kappa shape index (κ3) is 3.07. The Labute approximate surface area is 162 Å². The molecule has 0 aliphatic rings. The van der Waals surface area contributed by atoms with Crippen molar-refractivity contribution < 1.29 is 4.79 Å². The van der Waals surface area contributed by atoms with E-state index in [-0.39, 0.29) is 5.91 Å². The summed E-state index contributed by atoms with van der Waals surface area (Å²) in [5.74, 6) is 0.319. The lowest BCUT2D eigenvalue weighted by molar-refractivity contribution is 0.102. The van der Waals surface area contributed by atoms with Crippen LogP contribution in [-0.2, 0) is 0 Å². The van der Waals surface area contributed by atoms with Crippen molar-refractivity contribution in [2.45, 2.75) is 0 Å². The SMILES string of the molecule is O=C(Nc1ccc(-c2nc3ccccc3s2)cn1)c1ccc2ncsc2c1. The number of hydrogen-bond donors (Lipinski definition) is 1. The minimum absolute atomic E-state index is 0.189. The Morgan fingerprint density at radius 2 is 1.85 bits per heavy atom. The fourth-order valence-electron chi connectivity index (χ4n) is 2.77. The molecule has 5 nitrogen and oxygen atoms in total. The number of benzene rings is 2. The Morgan fingerprint density at radius 3 is 2.70 bits per heavy atom. The van der Waals surface area contributed by atoms with Crippen molar-refractivity contribution in [1.29, 1.82) is 0 Å². The number of aromatic nitrogens is 3. The maximum atomic E-state index is 12.5. The van der Waals surface area contributed by atoms with Gasteiger partial charge < -0.3 is 5.32 Å². The van der Waals surface area contributed by atoms with Crippen molar-refractivity contribution in [3.63, 3.8) is 0 Å². The first-order valence-electron chi connectivity index (χ1n) is 8.23. The molecule has 0 spiro atoms. The third-order valence-electron chi connectivity index (χ3n) is 4.14. The Morgan fingerprint density at radius 1 is 0.926 bits per heavy atom. The number of para-hydroxylation sites is 1. The van der Waals surface area contributed by atoms with Crippen LogP contribution in [0, 0.1) is 0 Å². The van der Waals surface area contributed by atoms with Crippen molar-refractivity contribution in [1.82, 2.24) is 15.0 Å². The molecule has 1 N–H and O–H groups in total. The monoisotopic (exact) mass is 388 g/mol. The molecule has 2 aromatic carbocycles. The number of nitrogens with one attached hydrogen (secondary N) is 1. The lowest BCUT2D eigenvalue weighted by Crippen LogP contribution is -2.12. The van der Waals surface area contributed by atoms with Crippen LogP contribution in [0.2, 0.25) is 0 Å². The molecule has 0 bridgehead atoms. The van der Waals surface area contributed by atoms with Crippen LogP contribution in [0.3, 0.4) is 0 Å². The molecule has 27 heavy (non-hydrogen) atoms. The largest absolute Gasteiger partial charge is 0.307 e. The summed E-state index contributed by atoms with van der Waals surface area (Å²) in [4.78, 5) is 25.7. The van der Waals surface area contributed by atoms with E-state index in [4.69, 9.17) is 0 Å². The molecule has 0 aliphatic heterocycles. The lowest BCUT2D eigenvalue weighted by Gasteiger charge is -2.05. The zero-order valence-electron chi connectivity index (χ0n) is 13.9. The number of carbonyl (C=O) groups is 1. The number of anilines is 1. The van der Waals surface area contributed by atoms with Gasteiger partial charge in [-0.1, -0.05) is 12.1 Å². The van der Waals surface area contributed by atoms with Gasteiger partial charge in [0, 0.05) is 17.3 Å². The Bertz CT molecular complexity index is 1240. The van der Waals surface area contributed by atoms with Gasteiger partial charge in [-0.2, -0.15) is 0 Å². The zero-order chi connectivity index (χ0) is 18.2. The van der Waals surface area contributed by atoms with Crippen LogP contribution in [0.25, 0.3) is 31.0 Å². The van der Waals surface area contributed by atoms with Gasteiger partial charge in [0.05, 0.1) is 25.9 Å². The van der Waals surface area contributed by atoms with E-state index in [1.54, 1.807) is 35.2 Å². The van der Waals surface area contributed by atoms with E-state index < -0.39 is 0 Å². The van der Waals surface area contributed by atoms with Gasteiger partial charge in [-0.15, -0.1) is 22.7 Å². The number of amides is 1. The van der Waals surface area contributed by atoms with Gasteiger partial charge in [0.25, 0.3) is 5.91 Å². The molecule has 0 saturated heterocycles. The molecule has 0 aliphatic carbocycles. The predicted molar refractivity (Wildman–Crippen MR) is 110 cm³/mol. The Balaban J connectivity index is 1.37. The summed E-state index contributed by atoms with van der Waals surface area (Å²) in [5, 5.41) is 3.75. The minimum Gasteiger partial charge on any atom is -0.307 e. The topological polar surface area (TPSA) is 67.8 Å². The molecule has 0 fully saturated rings. The zero-order valence-corrected chi connectivity index (χ0v) is 15.6. The average Bonchev–Trinajstić information content (AvgIpc) is 3.34. The molecule has 3 aromatic heterocycles. The van der Waals surface area contributed by atoms with E-state index in [2.05, 4.69) is 26.3 Å². The standard InChI is InChI=1S/C20H12N4OS2/c25-19(12-5-7-14-17(9-12)26-11-22-14)24-18-8-6-13(10-21-18)20-23-15-3-1-2-4-16(15)27-20/h1-11H,(H,21,24,25). The van der Waals surface area contributed by atoms with E-state index >= 15 is 0 Å². The second kappa shape index (κ2) is 6.53. The van der Waals surface area contributed by atoms with Gasteiger partial charge >= 0.3 is 0 Å². The summed E-state index contributed by atoms with van der Waals surface area (Å²) in [6.07, 6.45) is 1.74. The molecule has 3 heterocycles. The first-order valence-corrected chi connectivity index (χ1v) is 9.92. The van der Waals surface area contributed by atoms with Gasteiger partial charge in [0.2, 0.25) is 0 Å². The third-order valence-corrected chi connectivity index (χ3v) is 6.02. The van der Waals surface area contributed by atoms with Crippen molar-refractivity contribution in [2.75, 3.05) is 5.32 Å². The van der Waals surface area contributed by atoms with Crippen LogP contribution in [-0.4, -0.2) is 20.9 Å². The second-order valence-electron chi connectivity index (χ2n) is 5.91. The fourth-order valence-corrected chi connectivity index (χ4v) is 4.45. The summed E-state index contributed by atoms with van der Waals surface area (Å²) in [5.41, 5.74) is 5.17. The van der Waals surface area contributed by atoms with Crippen molar-refractivity contribution in [3.05, 3.63) is 71.9 Å². The van der Waals surface area contributed by atoms with E-state index in [9.17, 15) is 4.79 Å². The molecule has 5 rings (SSSR count). The van der Waals surface area contributed by atoms with Crippen LogP contribution < -0.4 is 5.32 Å². The highest BCUT2D eigenvalue weighted by Crippen LogP contribution is 2.30. The average molecular weight is 388 g/mol. The first kappa shape index (κ1) is 16.0. The highest BCUT2D eigenvalue weighted by atomic mass is 32.1. The quantitative estimate of drug-likeness (QED) is 0.460. The number of thiazole rings is 2. The van der Waals surface area contributed by atoms with Crippen molar-refractivity contribution in [2.24, 2.45) is 0 Å².